The Hall–Kier alpha value is -2.36. The van der Waals surface area contributed by atoms with Gasteiger partial charge in [0.25, 0.3) is 0 Å². The van der Waals surface area contributed by atoms with Gasteiger partial charge in [0.2, 0.25) is 0 Å². The Balaban J connectivity index is 1.93. The molecule has 1 saturated heterocycles. The van der Waals surface area contributed by atoms with Gasteiger partial charge in [-0.25, -0.2) is 0 Å². The van der Waals surface area contributed by atoms with Crippen LogP contribution in [-0.4, -0.2) is 28.6 Å². The summed E-state index contributed by atoms with van der Waals surface area (Å²) in [6, 6.07) is 21.6. The van der Waals surface area contributed by atoms with Crippen molar-refractivity contribution in [2.75, 3.05) is 6.54 Å². The number of halogens is 1. The molecule has 138 valence electrons. The lowest BCUT2D eigenvalue weighted by atomic mass is 9.89. The Morgan fingerprint density at radius 2 is 1.67 bits per heavy atom. The predicted molar refractivity (Wildman–Crippen MR) is 109 cm³/mol. The van der Waals surface area contributed by atoms with E-state index >= 15 is 0 Å². The van der Waals surface area contributed by atoms with Crippen LogP contribution in [0.4, 0.5) is 0 Å². The molecule has 0 radical (unpaired) electrons. The van der Waals surface area contributed by atoms with Crippen LogP contribution in [0.25, 0.3) is 10.8 Å². The highest BCUT2D eigenvalue weighted by Crippen LogP contribution is 2.39. The fourth-order valence-electron chi connectivity index (χ4n) is 4.24. The maximum Gasteiger partial charge on any atom is 0.320 e. The predicted octanol–water partition coefficient (Wildman–Crippen LogP) is 5.52. The number of rotatable bonds is 4. The summed E-state index contributed by atoms with van der Waals surface area (Å²) in [6.07, 6.45) is 2.61. The van der Waals surface area contributed by atoms with E-state index in [0.29, 0.717) is 11.4 Å². The molecule has 0 aliphatic carbocycles. The Labute approximate surface area is 164 Å². The molecule has 0 saturated carbocycles. The van der Waals surface area contributed by atoms with E-state index in [2.05, 4.69) is 29.2 Å². The van der Waals surface area contributed by atoms with E-state index in [-0.39, 0.29) is 6.04 Å². The van der Waals surface area contributed by atoms with E-state index in [0.717, 1.165) is 41.3 Å². The smallest absolute Gasteiger partial charge is 0.320 e. The Kier molecular flexibility index (Phi) is 5.15. The lowest BCUT2D eigenvalue weighted by molar-refractivity contribution is -0.145. The van der Waals surface area contributed by atoms with Crippen LogP contribution < -0.4 is 0 Å². The van der Waals surface area contributed by atoms with Gasteiger partial charge in [0.05, 0.1) is 6.04 Å². The van der Waals surface area contributed by atoms with Gasteiger partial charge in [0, 0.05) is 5.02 Å². The van der Waals surface area contributed by atoms with Crippen molar-refractivity contribution in [3.05, 3.63) is 82.9 Å². The summed E-state index contributed by atoms with van der Waals surface area (Å²) < 4.78 is 0. The van der Waals surface area contributed by atoms with E-state index in [1.54, 1.807) is 0 Å². The maximum absolute atomic E-state index is 12.0. The molecule has 27 heavy (non-hydrogen) atoms. The van der Waals surface area contributed by atoms with Gasteiger partial charge in [-0.15, -0.1) is 0 Å². The normalized spacial score (nSPS) is 19.1. The number of nitrogens with zero attached hydrogens (tertiary/aromatic N) is 1. The number of hydrogen-bond acceptors (Lipinski definition) is 2. The molecule has 1 heterocycles. The summed E-state index contributed by atoms with van der Waals surface area (Å²) in [4.78, 5) is 14.1. The van der Waals surface area contributed by atoms with Crippen LogP contribution in [0.5, 0.6) is 0 Å². The number of carboxylic acids is 1. The molecule has 2 atom stereocenters. The lowest BCUT2D eigenvalue weighted by Crippen LogP contribution is -2.47. The average molecular weight is 380 g/mol. The summed E-state index contributed by atoms with van der Waals surface area (Å²) in [5, 5.41) is 12.8. The summed E-state index contributed by atoms with van der Waals surface area (Å²) in [7, 11) is 0. The second-order valence-electron chi connectivity index (χ2n) is 7.08. The van der Waals surface area contributed by atoms with Gasteiger partial charge < -0.3 is 5.11 Å². The molecule has 0 aromatic heterocycles. The number of fused-ring (bicyclic) bond motifs is 1. The third-order valence-corrected chi connectivity index (χ3v) is 5.82. The fourth-order valence-corrected chi connectivity index (χ4v) is 4.48. The van der Waals surface area contributed by atoms with Crippen LogP contribution in [0.2, 0.25) is 5.02 Å². The number of carboxylic acid groups (broad SMARTS) is 1. The first-order valence-corrected chi connectivity index (χ1v) is 9.75. The van der Waals surface area contributed by atoms with Gasteiger partial charge in [-0.1, -0.05) is 78.7 Å². The van der Waals surface area contributed by atoms with Crippen molar-refractivity contribution < 1.29 is 9.90 Å². The number of benzene rings is 3. The molecular formula is C23H22ClNO2. The molecule has 4 rings (SSSR count). The molecule has 1 aliphatic rings. The monoisotopic (exact) mass is 379 g/mol. The van der Waals surface area contributed by atoms with Crippen LogP contribution in [0.3, 0.4) is 0 Å². The van der Waals surface area contributed by atoms with Crippen molar-refractivity contribution in [3.8, 4) is 0 Å². The van der Waals surface area contributed by atoms with E-state index in [4.69, 9.17) is 11.6 Å². The maximum atomic E-state index is 12.0. The van der Waals surface area contributed by atoms with Crippen LogP contribution in [-0.2, 0) is 4.79 Å². The number of likely N-dealkylation sites (tertiary alicyclic amines) is 1. The fraction of sp³-hybridized carbons (Fsp3) is 0.261. The number of aliphatic carboxylic acids is 1. The van der Waals surface area contributed by atoms with Gasteiger partial charge >= 0.3 is 5.97 Å². The summed E-state index contributed by atoms with van der Waals surface area (Å²) in [5.74, 6) is -0.757. The lowest BCUT2D eigenvalue weighted by Gasteiger charge is -2.40. The second-order valence-corrected chi connectivity index (χ2v) is 7.49. The minimum atomic E-state index is -0.757. The number of hydrogen-bond donors (Lipinski definition) is 1. The first-order chi connectivity index (χ1) is 13.2. The van der Waals surface area contributed by atoms with Gasteiger partial charge in [-0.05, 0) is 47.4 Å². The first-order valence-electron chi connectivity index (χ1n) is 9.37. The zero-order valence-electron chi connectivity index (χ0n) is 15.0. The van der Waals surface area contributed by atoms with E-state index in [1.165, 1.54) is 0 Å². The Bertz CT molecular complexity index is 966. The van der Waals surface area contributed by atoms with Gasteiger partial charge in [-0.2, -0.15) is 0 Å². The molecule has 3 aromatic rings. The summed E-state index contributed by atoms with van der Waals surface area (Å²) in [5.41, 5.74) is 2.07. The molecular weight excluding hydrogens is 358 g/mol. The van der Waals surface area contributed by atoms with Gasteiger partial charge in [0.1, 0.15) is 6.04 Å². The molecule has 0 amide bonds. The third-order valence-electron chi connectivity index (χ3n) is 5.48. The van der Waals surface area contributed by atoms with Crippen molar-refractivity contribution in [3.63, 3.8) is 0 Å². The molecule has 3 aromatic carbocycles. The summed E-state index contributed by atoms with van der Waals surface area (Å²) >= 11 is 6.59. The van der Waals surface area contributed by atoms with Crippen molar-refractivity contribution in [2.24, 2.45) is 0 Å². The zero-order chi connectivity index (χ0) is 18.8. The van der Waals surface area contributed by atoms with Crippen molar-refractivity contribution in [1.82, 2.24) is 4.90 Å². The molecule has 1 N–H and O–H groups in total. The largest absolute Gasteiger partial charge is 0.480 e. The minimum absolute atomic E-state index is 0.189. The highest BCUT2D eigenvalue weighted by Gasteiger charge is 2.36. The molecule has 2 unspecified atom stereocenters. The second kappa shape index (κ2) is 7.71. The Morgan fingerprint density at radius 3 is 2.48 bits per heavy atom. The van der Waals surface area contributed by atoms with E-state index in [1.807, 2.05) is 42.5 Å². The highest BCUT2D eigenvalue weighted by molar-refractivity contribution is 6.31. The molecule has 0 spiro atoms. The zero-order valence-corrected chi connectivity index (χ0v) is 15.8. The standard InChI is InChI=1S/C23H22ClNO2/c24-20-13-4-3-11-19(20)22(25-15-6-5-14-21(25)23(26)27)18-12-7-9-16-8-1-2-10-17(16)18/h1-4,7-13,21-22H,5-6,14-15H2,(H,26,27). The van der Waals surface area contributed by atoms with Gasteiger partial charge in [0.15, 0.2) is 0 Å². The third kappa shape index (κ3) is 3.45. The quantitative estimate of drug-likeness (QED) is 0.648. The van der Waals surface area contributed by atoms with Gasteiger partial charge in [-0.3, -0.25) is 9.69 Å². The topological polar surface area (TPSA) is 40.5 Å². The van der Waals surface area contributed by atoms with E-state index in [9.17, 15) is 9.90 Å². The van der Waals surface area contributed by atoms with Crippen molar-refractivity contribution in [2.45, 2.75) is 31.3 Å². The van der Waals surface area contributed by atoms with Crippen molar-refractivity contribution in [1.29, 1.82) is 0 Å². The molecule has 4 heteroatoms. The van der Waals surface area contributed by atoms with Crippen molar-refractivity contribution >= 4 is 28.3 Å². The highest BCUT2D eigenvalue weighted by atomic mass is 35.5. The average Bonchev–Trinajstić information content (AvgIpc) is 2.70. The molecule has 0 bridgehead atoms. The summed E-state index contributed by atoms with van der Waals surface area (Å²) in [6.45, 7) is 0.746. The van der Waals surface area contributed by atoms with Crippen LogP contribution in [0.1, 0.15) is 36.4 Å². The molecule has 1 fully saturated rings. The minimum Gasteiger partial charge on any atom is -0.480 e. The van der Waals surface area contributed by atoms with E-state index < -0.39 is 12.0 Å². The SMILES string of the molecule is O=C(O)C1CCCCN1C(c1ccccc1Cl)c1cccc2ccccc12. The molecule has 3 nitrogen and oxygen atoms in total. The van der Waals surface area contributed by atoms with Crippen LogP contribution in [0.15, 0.2) is 66.7 Å². The number of carbonyl (C=O) groups is 1. The Morgan fingerprint density at radius 1 is 0.963 bits per heavy atom. The van der Waals surface area contributed by atoms with Crippen LogP contribution >= 0.6 is 11.6 Å². The first kappa shape index (κ1) is 18.0. The van der Waals surface area contributed by atoms with Crippen LogP contribution in [0, 0.1) is 0 Å². The number of piperidine rings is 1. The molecule has 1 aliphatic heterocycles.